The highest BCUT2D eigenvalue weighted by Gasteiger charge is 2.16. The average molecular weight is 703 g/mol. The van der Waals surface area contributed by atoms with Crippen molar-refractivity contribution in [2.24, 2.45) is 0 Å². The number of esters is 3. The van der Waals surface area contributed by atoms with Crippen LogP contribution in [-0.2, 0) is 28.4 Å². The number of ether oxygens (including phenoxy) is 6. The van der Waals surface area contributed by atoms with Gasteiger partial charge < -0.3 is 44.4 Å². The number of carbonyl (C=O) groups excluding carboxylic acids is 3. The Hall–Kier alpha value is -5.64. The van der Waals surface area contributed by atoms with Crippen LogP contribution in [0.3, 0.4) is 0 Å². The number of hydrogen-bond acceptors (Lipinski definition) is 15. The molecule has 0 saturated carbocycles. The predicted molar refractivity (Wildman–Crippen MR) is 189 cm³/mol. The number of carbonyl (C=O) groups is 3. The summed E-state index contributed by atoms with van der Waals surface area (Å²) in [6.45, 7) is 6.09. The monoisotopic (exact) mass is 702 g/mol. The van der Waals surface area contributed by atoms with E-state index in [1.807, 2.05) is 0 Å². The molecule has 3 N–H and O–H groups in total. The van der Waals surface area contributed by atoms with Crippen molar-refractivity contribution in [3.63, 3.8) is 0 Å². The van der Waals surface area contributed by atoms with E-state index in [2.05, 4.69) is 30.9 Å². The van der Waals surface area contributed by atoms with E-state index in [9.17, 15) is 14.4 Å². The van der Waals surface area contributed by atoms with E-state index in [0.29, 0.717) is 33.8 Å². The first-order valence-corrected chi connectivity index (χ1v) is 16.0. The van der Waals surface area contributed by atoms with Crippen molar-refractivity contribution in [3.05, 3.63) is 89.5 Å². The van der Waals surface area contributed by atoms with Crippen molar-refractivity contribution in [2.45, 2.75) is 39.1 Å². The lowest BCUT2D eigenvalue weighted by molar-refractivity contribution is 0.0113. The van der Waals surface area contributed by atoms with Gasteiger partial charge in [-0.15, -0.1) is 0 Å². The predicted octanol–water partition coefficient (Wildman–Crippen LogP) is 5.68. The first-order valence-electron chi connectivity index (χ1n) is 16.0. The second kappa shape index (κ2) is 18.9. The summed E-state index contributed by atoms with van der Waals surface area (Å²) in [6.07, 6.45) is -1.19. The summed E-state index contributed by atoms with van der Waals surface area (Å²) in [5, 5.41) is 9.39. The highest BCUT2D eigenvalue weighted by Crippen LogP contribution is 2.23. The number of methoxy groups -OCH3 is 3. The van der Waals surface area contributed by atoms with Crippen molar-refractivity contribution < 1.29 is 42.8 Å². The molecule has 3 unspecified atom stereocenters. The fourth-order valence-electron chi connectivity index (χ4n) is 4.56. The summed E-state index contributed by atoms with van der Waals surface area (Å²) >= 11 is 0. The number of hydrogen-bond donors (Lipinski definition) is 3. The van der Waals surface area contributed by atoms with E-state index in [1.54, 1.807) is 93.6 Å². The molecule has 51 heavy (non-hydrogen) atoms. The lowest BCUT2D eigenvalue weighted by Crippen LogP contribution is -2.19. The molecule has 1 aromatic heterocycles. The highest BCUT2D eigenvalue weighted by atomic mass is 16.6. The van der Waals surface area contributed by atoms with Gasteiger partial charge in [0.05, 0.1) is 36.5 Å². The SMILES string of the molecule is COCC(C)OC(=O)c1ccc(Nc2nc(Nc3ccc(C(=O)OC(C)COC)cc3)nc(Nc3ccc(C(=O)OC(C)COC)cc3)n2)cc1. The Labute approximate surface area is 296 Å². The van der Waals surface area contributed by atoms with Crippen molar-refractivity contribution in [2.75, 3.05) is 57.1 Å². The van der Waals surface area contributed by atoms with E-state index in [4.69, 9.17) is 28.4 Å². The van der Waals surface area contributed by atoms with Crippen LogP contribution in [0.1, 0.15) is 51.8 Å². The molecule has 1 heterocycles. The molecule has 0 bridgehead atoms. The molecule has 0 fully saturated rings. The van der Waals surface area contributed by atoms with E-state index < -0.39 is 36.2 Å². The molecule has 0 spiro atoms. The van der Waals surface area contributed by atoms with Gasteiger partial charge in [-0.2, -0.15) is 15.0 Å². The molecular formula is C36H42N6O9. The topological polar surface area (TPSA) is 181 Å². The normalized spacial score (nSPS) is 12.6. The third-order valence-corrected chi connectivity index (χ3v) is 6.89. The zero-order chi connectivity index (χ0) is 36.8. The molecule has 0 amide bonds. The number of anilines is 6. The molecule has 0 aliphatic rings. The number of benzene rings is 3. The summed E-state index contributed by atoms with van der Waals surface area (Å²) in [5.41, 5.74) is 2.88. The molecule has 4 aromatic rings. The molecule has 3 atom stereocenters. The van der Waals surface area contributed by atoms with Crippen LogP contribution >= 0.6 is 0 Å². The van der Waals surface area contributed by atoms with Crippen LogP contribution in [0.2, 0.25) is 0 Å². The Balaban J connectivity index is 1.53. The van der Waals surface area contributed by atoms with Crippen molar-refractivity contribution in [3.8, 4) is 0 Å². The quantitative estimate of drug-likeness (QED) is 0.0850. The number of aromatic nitrogens is 3. The van der Waals surface area contributed by atoms with E-state index in [-0.39, 0.29) is 37.7 Å². The van der Waals surface area contributed by atoms with E-state index in [1.165, 1.54) is 21.3 Å². The maximum atomic E-state index is 12.5. The Kier molecular flexibility index (Phi) is 14.2. The van der Waals surface area contributed by atoms with Gasteiger partial charge in [0.1, 0.15) is 18.3 Å². The molecule has 15 heteroatoms. The smallest absolute Gasteiger partial charge is 0.338 e. The van der Waals surface area contributed by atoms with Gasteiger partial charge >= 0.3 is 17.9 Å². The third-order valence-electron chi connectivity index (χ3n) is 6.89. The van der Waals surface area contributed by atoms with Gasteiger partial charge in [0.2, 0.25) is 17.8 Å². The first kappa shape index (κ1) is 38.2. The minimum absolute atomic E-state index is 0.179. The van der Waals surface area contributed by atoms with Crippen LogP contribution in [0.25, 0.3) is 0 Å². The highest BCUT2D eigenvalue weighted by molar-refractivity contribution is 5.91. The standard InChI is InChI=1S/C36H42N6O9/c1-22(19-46-4)49-31(43)25-7-13-28(14-8-25)37-34-40-35(38-29-15-9-26(10-16-29)32(44)50-23(2)20-47-5)42-36(41-34)39-30-17-11-27(12-18-30)33(45)51-24(3)21-48-6/h7-18,22-24H,19-21H2,1-6H3,(H3,37,38,39,40,41,42). The second-order valence-corrected chi connectivity index (χ2v) is 11.4. The van der Waals surface area contributed by atoms with Crippen LogP contribution in [-0.4, -0.2) is 92.3 Å². The average Bonchev–Trinajstić information content (AvgIpc) is 3.09. The summed E-state index contributed by atoms with van der Waals surface area (Å²) < 4.78 is 31.2. The minimum Gasteiger partial charge on any atom is -0.457 e. The van der Waals surface area contributed by atoms with Crippen LogP contribution in [0.4, 0.5) is 34.9 Å². The molecule has 4 rings (SSSR count). The lowest BCUT2D eigenvalue weighted by Gasteiger charge is -2.14. The third kappa shape index (κ3) is 12.0. The van der Waals surface area contributed by atoms with Crippen LogP contribution in [0.15, 0.2) is 72.8 Å². The van der Waals surface area contributed by atoms with Gasteiger partial charge in [-0.05, 0) is 93.6 Å². The second-order valence-electron chi connectivity index (χ2n) is 11.4. The first-order chi connectivity index (χ1) is 24.6. The van der Waals surface area contributed by atoms with Gasteiger partial charge in [0.15, 0.2) is 0 Å². The van der Waals surface area contributed by atoms with Crippen LogP contribution < -0.4 is 16.0 Å². The Morgan fingerprint density at radius 2 is 0.706 bits per heavy atom. The fraction of sp³-hybridized carbons (Fsp3) is 0.333. The molecule has 270 valence electrons. The van der Waals surface area contributed by atoms with Crippen molar-refractivity contribution in [1.29, 1.82) is 0 Å². The molecular weight excluding hydrogens is 660 g/mol. The number of nitrogens with zero attached hydrogens (tertiary/aromatic N) is 3. The zero-order valence-corrected chi connectivity index (χ0v) is 29.3. The molecule has 0 saturated heterocycles. The largest absolute Gasteiger partial charge is 0.457 e. The fourth-order valence-corrected chi connectivity index (χ4v) is 4.56. The van der Waals surface area contributed by atoms with E-state index >= 15 is 0 Å². The summed E-state index contributed by atoms with van der Waals surface area (Å²) in [4.78, 5) is 51.0. The number of rotatable bonds is 18. The van der Waals surface area contributed by atoms with Gasteiger partial charge in [-0.3, -0.25) is 0 Å². The Morgan fingerprint density at radius 3 is 0.922 bits per heavy atom. The maximum Gasteiger partial charge on any atom is 0.338 e. The summed E-state index contributed by atoms with van der Waals surface area (Å²) in [7, 11) is 4.61. The zero-order valence-electron chi connectivity index (χ0n) is 29.3. The summed E-state index contributed by atoms with van der Waals surface area (Å²) in [6, 6.07) is 19.9. The summed E-state index contributed by atoms with van der Waals surface area (Å²) in [5.74, 6) is -0.888. The van der Waals surface area contributed by atoms with Gasteiger partial charge in [-0.25, -0.2) is 14.4 Å². The van der Waals surface area contributed by atoms with Gasteiger partial charge in [0, 0.05) is 38.4 Å². The van der Waals surface area contributed by atoms with E-state index in [0.717, 1.165) is 0 Å². The maximum absolute atomic E-state index is 12.5. The van der Waals surface area contributed by atoms with Crippen molar-refractivity contribution in [1.82, 2.24) is 15.0 Å². The number of nitrogens with one attached hydrogen (secondary N) is 3. The molecule has 3 aromatic carbocycles. The molecule has 0 aliphatic heterocycles. The molecule has 0 aliphatic carbocycles. The minimum atomic E-state index is -0.475. The van der Waals surface area contributed by atoms with Gasteiger partial charge in [0.25, 0.3) is 0 Å². The van der Waals surface area contributed by atoms with Gasteiger partial charge in [-0.1, -0.05) is 0 Å². The lowest BCUT2D eigenvalue weighted by atomic mass is 10.2. The molecule has 15 nitrogen and oxygen atoms in total. The molecule has 0 radical (unpaired) electrons. The van der Waals surface area contributed by atoms with Crippen molar-refractivity contribution >= 4 is 52.8 Å². The van der Waals surface area contributed by atoms with Crippen LogP contribution in [0.5, 0.6) is 0 Å². The van der Waals surface area contributed by atoms with Crippen LogP contribution in [0, 0.1) is 0 Å². The Bertz CT molecular complexity index is 1520. The Morgan fingerprint density at radius 1 is 0.471 bits per heavy atom.